The van der Waals surface area contributed by atoms with E-state index in [0.29, 0.717) is 11.5 Å². The third kappa shape index (κ3) is 4.43. The maximum atomic E-state index is 3.76. The van der Waals surface area contributed by atoms with Crippen LogP contribution in [0.2, 0.25) is 0 Å². The molecule has 2 aliphatic rings. The highest BCUT2D eigenvalue weighted by atomic mass is 15.3. The van der Waals surface area contributed by atoms with Crippen LogP contribution in [0.15, 0.2) is 0 Å². The van der Waals surface area contributed by atoms with Crippen LogP contribution < -0.4 is 5.32 Å². The first-order valence-electron chi connectivity index (χ1n) is 9.18. The van der Waals surface area contributed by atoms with E-state index in [-0.39, 0.29) is 0 Å². The molecule has 21 heavy (non-hydrogen) atoms. The van der Waals surface area contributed by atoms with Crippen LogP contribution in [-0.4, -0.2) is 60.6 Å². The molecule has 0 amide bonds. The van der Waals surface area contributed by atoms with Crippen molar-refractivity contribution in [3.05, 3.63) is 0 Å². The van der Waals surface area contributed by atoms with E-state index < -0.39 is 0 Å². The van der Waals surface area contributed by atoms with Gasteiger partial charge in [-0.25, -0.2) is 0 Å². The van der Waals surface area contributed by atoms with Crippen molar-refractivity contribution in [2.24, 2.45) is 5.41 Å². The van der Waals surface area contributed by atoms with E-state index in [0.717, 1.165) is 18.6 Å². The van der Waals surface area contributed by atoms with Gasteiger partial charge in [-0.1, -0.05) is 27.7 Å². The van der Waals surface area contributed by atoms with Crippen LogP contribution in [-0.2, 0) is 0 Å². The van der Waals surface area contributed by atoms with Gasteiger partial charge in [0.2, 0.25) is 0 Å². The smallest absolute Gasteiger partial charge is 0.0255 e. The molecule has 0 spiro atoms. The molecule has 1 saturated carbocycles. The maximum absolute atomic E-state index is 3.76. The minimum Gasteiger partial charge on any atom is -0.313 e. The van der Waals surface area contributed by atoms with Crippen molar-refractivity contribution in [1.82, 2.24) is 15.1 Å². The van der Waals surface area contributed by atoms with Crippen molar-refractivity contribution >= 4 is 0 Å². The first kappa shape index (κ1) is 17.2. The van der Waals surface area contributed by atoms with Crippen LogP contribution in [0.5, 0.6) is 0 Å². The minimum absolute atomic E-state index is 0.518. The zero-order chi connectivity index (χ0) is 15.5. The van der Waals surface area contributed by atoms with E-state index in [4.69, 9.17) is 0 Å². The lowest BCUT2D eigenvalue weighted by molar-refractivity contribution is 0.0194. The van der Waals surface area contributed by atoms with Crippen molar-refractivity contribution in [3.8, 4) is 0 Å². The zero-order valence-electron chi connectivity index (χ0n) is 15.0. The Morgan fingerprint density at radius 2 is 1.81 bits per heavy atom. The summed E-state index contributed by atoms with van der Waals surface area (Å²) in [5.74, 6) is 0. The van der Waals surface area contributed by atoms with E-state index in [9.17, 15) is 0 Å². The molecule has 0 aromatic carbocycles. The summed E-state index contributed by atoms with van der Waals surface area (Å²) in [5, 5.41) is 3.76. The number of hydrogen-bond acceptors (Lipinski definition) is 3. The molecule has 3 nitrogen and oxygen atoms in total. The van der Waals surface area contributed by atoms with Gasteiger partial charge in [-0.2, -0.15) is 0 Å². The Labute approximate surface area is 132 Å². The summed E-state index contributed by atoms with van der Waals surface area (Å²) in [7, 11) is 0. The SMILES string of the molecule is CCNC1CCC(C)(C)CC1N1CCN(C(C)CC)CC1. The monoisotopic (exact) mass is 295 g/mol. The van der Waals surface area contributed by atoms with E-state index in [1.807, 2.05) is 0 Å². The summed E-state index contributed by atoms with van der Waals surface area (Å²) in [5.41, 5.74) is 0.518. The lowest BCUT2D eigenvalue weighted by Gasteiger charge is -2.49. The second-order valence-electron chi connectivity index (χ2n) is 7.97. The summed E-state index contributed by atoms with van der Waals surface area (Å²) < 4.78 is 0. The van der Waals surface area contributed by atoms with Gasteiger partial charge in [0.1, 0.15) is 0 Å². The molecule has 1 saturated heterocycles. The molecule has 2 rings (SSSR count). The number of piperazine rings is 1. The number of hydrogen-bond donors (Lipinski definition) is 1. The highest BCUT2D eigenvalue weighted by Crippen LogP contribution is 2.37. The molecule has 1 heterocycles. The molecule has 1 aliphatic heterocycles. The van der Waals surface area contributed by atoms with Gasteiger partial charge in [0.25, 0.3) is 0 Å². The van der Waals surface area contributed by atoms with E-state index in [1.54, 1.807) is 0 Å². The van der Waals surface area contributed by atoms with Gasteiger partial charge in [-0.05, 0) is 44.6 Å². The Hall–Kier alpha value is -0.120. The Morgan fingerprint density at radius 3 is 2.38 bits per heavy atom. The van der Waals surface area contributed by atoms with Crippen LogP contribution in [0.4, 0.5) is 0 Å². The molecule has 1 aliphatic carbocycles. The van der Waals surface area contributed by atoms with Crippen molar-refractivity contribution < 1.29 is 0 Å². The second kappa shape index (κ2) is 7.43. The normalized spacial score (nSPS) is 33.0. The highest BCUT2D eigenvalue weighted by molar-refractivity contribution is 4.95. The Kier molecular flexibility index (Phi) is 6.10. The molecule has 3 heteroatoms. The lowest BCUT2D eigenvalue weighted by atomic mass is 9.72. The van der Waals surface area contributed by atoms with Gasteiger partial charge < -0.3 is 5.32 Å². The largest absolute Gasteiger partial charge is 0.313 e. The first-order chi connectivity index (χ1) is 9.96. The summed E-state index contributed by atoms with van der Waals surface area (Å²) in [4.78, 5) is 5.46. The maximum Gasteiger partial charge on any atom is 0.0255 e. The molecular weight excluding hydrogens is 258 g/mol. The summed E-state index contributed by atoms with van der Waals surface area (Å²) in [6, 6.07) is 2.20. The predicted molar refractivity (Wildman–Crippen MR) is 91.8 cm³/mol. The van der Waals surface area contributed by atoms with Crippen molar-refractivity contribution in [1.29, 1.82) is 0 Å². The van der Waals surface area contributed by atoms with Crippen molar-refractivity contribution in [3.63, 3.8) is 0 Å². The Morgan fingerprint density at radius 1 is 1.14 bits per heavy atom. The van der Waals surface area contributed by atoms with Gasteiger partial charge >= 0.3 is 0 Å². The van der Waals surface area contributed by atoms with Crippen LogP contribution in [0.3, 0.4) is 0 Å². The first-order valence-corrected chi connectivity index (χ1v) is 9.18. The number of nitrogens with one attached hydrogen (secondary N) is 1. The molecule has 0 aromatic rings. The minimum atomic E-state index is 0.518. The Bertz CT molecular complexity index is 308. The van der Waals surface area contributed by atoms with Crippen LogP contribution in [0.25, 0.3) is 0 Å². The second-order valence-corrected chi connectivity index (χ2v) is 7.97. The molecule has 3 unspecified atom stereocenters. The third-order valence-corrected chi connectivity index (χ3v) is 5.86. The topological polar surface area (TPSA) is 18.5 Å². The van der Waals surface area contributed by atoms with Gasteiger partial charge in [0, 0.05) is 44.3 Å². The number of rotatable bonds is 5. The molecule has 0 aromatic heterocycles. The van der Waals surface area contributed by atoms with E-state index in [2.05, 4.69) is 49.7 Å². The summed E-state index contributed by atoms with van der Waals surface area (Å²) >= 11 is 0. The van der Waals surface area contributed by atoms with Gasteiger partial charge in [-0.3, -0.25) is 9.80 Å². The number of nitrogens with zero attached hydrogens (tertiary/aromatic N) is 2. The van der Waals surface area contributed by atoms with Crippen LogP contribution in [0.1, 0.15) is 60.3 Å². The van der Waals surface area contributed by atoms with E-state index in [1.165, 1.54) is 51.9 Å². The van der Waals surface area contributed by atoms with Crippen LogP contribution >= 0.6 is 0 Å². The predicted octanol–water partition coefficient (Wildman–Crippen LogP) is 2.96. The quantitative estimate of drug-likeness (QED) is 0.841. The lowest BCUT2D eigenvalue weighted by Crippen LogP contribution is -2.60. The van der Waals surface area contributed by atoms with E-state index >= 15 is 0 Å². The fraction of sp³-hybridized carbons (Fsp3) is 1.00. The summed E-state index contributed by atoms with van der Waals surface area (Å²) in [6.45, 7) is 18.0. The van der Waals surface area contributed by atoms with Gasteiger partial charge in [0.15, 0.2) is 0 Å². The Balaban J connectivity index is 1.95. The fourth-order valence-electron chi connectivity index (χ4n) is 4.20. The molecule has 3 atom stereocenters. The van der Waals surface area contributed by atoms with Gasteiger partial charge in [-0.15, -0.1) is 0 Å². The average molecular weight is 296 g/mol. The van der Waals surface area contributed by atoms with Gasteiger partial charge in [0.05, 0.1) is 0 Å². The van der Waals surface area contributed by atoms with Crippen molar-refractivity contribution in [2.45, 2.75) is 78.4 Å². The standard InChI is InChI=1S/C18H37N3/c1-6-15(3)20-10-12-21(13-11-20)17-14-18(4,5)9-8-16(17)19-7-2/h15-17,19H,6-14H2,1-5H3. The number of likely N-dealkylation sites (N-methyl/N-ethyl adjacent to an activating group) is 1. The highest BCUT2D eigenvalue weighted by Gasteiger charge is 2.38. The fourth-order valence-corrected chi connectivity index (χ4v) is 4.20. The molecule has 124 valence electrons. The molecule has 0 bridgehead atoms. The summed E-state index contributed by atoms with van der Waals surface area (Å²) in [6.07, 6.45) is 5.34. The van der Waals surface area contributed by atoms with Crippen molar-refractivity contribution in [2.75, 3.05) is 32.7 Å². The molecular formula is C18H37N3. The molecule has 1 N–H and O–H groups in total. The molecule has 2 fully saturated rings. The zero-order valence-corrected chi connectivity index (χ0v) is 15.0. The average Bonchev–Trinajstić information content (AvgIpc) is 2.48. The van der Waals surface area contributed by atoms with Crippen LogP contribution in [0, 0.1) is 5.41 Å². The molecule has 0 radical (unpaired) electrons. The third-order valence-electron chi connectivity index (χ3n) is 5.86.